The third kappa shape index (κ3) is 1.70. The fourth-order valence-electron chi connectivity index (χ4n) is 0.851. The molecule has 2 N–H and O–H groups in total. The Bertz CT molecular complexity index is 308. The summed E-state index contributed by atoms with van der Waals surface area (Å²) in [5.74, 6) is -4.04. The van der Waals surface area contributed by atoms with E-state index >= 15 is 0 Å². The lowest BCUT2D eigenvalue weighted by Crippen LogP contribution is -2.32. The minimum absolute atomic E-state index is 1.31. The van der Waals surface area contributed by atoms with Gasteiger partial charge >= 0.3 is 11.4 Å². The summed E-state index contributed by atoms with van der Waals surface area (Å²) in [6, 6.07) is 0. The standard InChI is InChI=1S/C5H4O7S/c6-1-2(7)4(9)5(3(1)8)12-13(10)11/h3,5,8H,(H,10,11). The monoisotopic (exact) mass is 208 g/mol. The predicted molar refractivity (Wildman–Crippen MR) is 36.7 cm³/mol. The molecule has 0 aliphatic heterocycles. The molecular weight excluding hydrogens is 204 g/mol. The maximum Gasteiger partial charge on any atom is 0.302 e. The van der Waals surface area contributed by atoms with Crippen LogP contribution in [0.1, 0.15) is 0 Å². The molecule has 72 valence electrons. The van der Waals surface area contributed by atoms with Gasteiger partial charge in [-0.15, -0.1) is 0 Å². The van der Waals surface area contributed by atoms with Gasteiger partial charge in [-0.3, -0.25) is 23.1 Å². The molecule has 0 saturated heterocycles. The van der Waals surface area contributed by atoms with E-state index in [1.54, 1.807) is 0 Å². The highest BCUT2D eigenvalue weighted by molar-refractivity contribution is 7.74. The molecule has 0 aromatic rings. The molecule has 1 rings (SSSR count). The first-order chi connectivity index (χ1) is 5.95. The van der Waals surface area contributed by atoms with E-state index in [4.69, 9.17) is 9.66 Å². The third-order valence-electron chi connectivity index (χ3n) is 1.45. The smallest absolute Gasteiger partial charge is 0.302 e. The Morgan fingerprint density at radius 2 is 1.77 bits per heavy atom. The van der Waals surface area contributed by atoms with Gasteiger partial charge in [0.1, 0.15) is 0 Å². The number of hydrogen-bond donors (Lipinski definition) is 2. The summed E-state index contributed by atoms with van der Waals surface area (Å²) in [5.41, 5.74) is 0. The van der Waals surface area contributed by atoms with Crippen molar-refractivity contribution >= 4 is 28.7 Å². The van der Waals surface area contributed by atoms with Crippen LogP contribution in [0.5, 0.6) is 0 Å². The second kappa shape index (κ2) is 3.42. The van der Waals surface area contributed by atoms with Crippen LogP contribution in [-0.4, -0.2) is 43.4 Å². The Balaban J connectivity index is 2.88. The van der Waals surface area contributed by atoms with Crippen molar-refractivity contribution in [1.82, 2.24) is 0 Å². The van der Waals surface area contributed by atoms with Crippen molar-refractivity contribution in [3.63, 3.8) is 0 Å². The average molecular weight is 208 g/mol. The molecule has 0 radical (unpaired) electrons. The van der Waals surface area contributed by atoms with Crippen LogP contribution >= 0.6 is 0 Å². The molecule has 13 heavy (non-hydrogen) atoms. The van der Waals surface area contributed by atoms with Crippen molar-refractivity contribution < 1.29 is 32.4 Å². The normalized spacial score (nSPS) is 31.1. The van der Waals surface area contributed by atoms with Crippen LogP contribution in [-0.2, 0) is 29.9 Å². The second-order valence-electron chi connectivity index (χ2n) is 2.24. The highest BCUT2D eigenvalue weighted by Crippen LogP contribution is 2.13. The van der Waals surface area contributed by atoms with Crippen molar-refractivity contribution in [2.45, 2.75) is 12.2 Å². The first-order valence-electron chi connectivity index (χ1n) is 3.03. The van der Waals surface area contributed by atoms with Crippen molar-refractivity contribution in [3.05, 3.63) is 0 Å². The lowest BCUT2D eigenvalue weighted by molar-refractivity contribution is -0.141. The molecule has 0 spiro atoms. The van der Waals surface area contributed by atoms with E-state index in [9.17, 15) is 18.6 Å². The average Bonchev–Trinajstić information content (AvgIpc) is 2.22. The Morgan fingerprint density at radius 1 is 1.23 bits per heavy atom. The van der Waals surface area contributed by atoms with E-state index < -0.39 is 40.9 Å². The minimum Gasteiger partial charge on any atom is -0.381 e. The minimum atomic E-state index is -2.81. The van der Waals surface area contributed by atoms with Gasteiger partial charge in [-0.2, -0.15) is 4.21 Å². The predicted octanol–water partition coefficient (Wildman–Crippen LogP) is -2.41. The Hall–Kier alpha value is -0.960. The molecule has 7 nitrogen and oxygen atoms in total. The zero-order valence-corrected chi connectivity index (χ0v) is 6.82. The van der Waals surface area contributed by atoms with E-state index in [1.165, 1.54) is 0 Å². The van der Waals surface area contributed by atoms with Gasteiger partial charge in [0.15, 0.2) is 12.2 Å². The summed E-state index contributed by atoms with van der Waals surface area (Å²) in [5, 5.41) is 8.89. The van der Waals surface area contributed by atoms with Gasteiger partial charge < -0.3 is 5.11 Å². The number of carbonyl (C=O) groups is 3. The molecule has 8 heteroatoms. The molecule has 0 aromatic heterocycles. The summed E-state index contributed by atoms with van der Waals surface area (Å²) in [4.78, 5) is 32.0. The molecule has 0 heterocycles. The van der Waals surface area contributed by atoms with E-state index in [-0.39, 0.29) is 0 Å². The quantitative estimate of drug-likeness (QED) is 0.383. The van der Waals surface area contributed by atoms with Crippen LogP contribution in [0.2, 0.25) is 0 Å². The van der Waals surface area contributed by atoms with Crippen LogP contribution in [0.3, 0.4) is 0 Å². The van der Waals surface area contributed by atoms with Crippen LogP contribution in [0.25, 0.3) is 0 Å². The number of aliphatic hydroxyl groups is 1. The van der Waals surface area contributed by atoms with E-state index in [0.29, 0.717) is 0 Å². The molecule has 1 saturated carbocycles. The van der Waals surface area contributed by atoms with Gasteiger partial charge in [-0.05, 0) is 0 Å². The summed E-state index contributed by atoms with van der Waals surface area (Å²) >= 11 is -2.81. The van der Waals surface area contributed by atoms with Gasteiger partial charge in [0.2, 0.25) is 11.6 Å². The largest absolute Gasteiger partial charge is 0.381 e. The van der Waals surface area contributed by atoms with E-state index in [0.717, 1.165) is 0 Å². The van der Waals surface area contributed by atoms with Crippen LogP contribution in [0.15, 0.2) is 0 Å². The number of carbonyl (C=O) groups excluding carboxylic acids is 3. The van der Waals surface area contributed by atoms with Gasteiger partial charge in [-0.25, -0.2) is 0 Å². The summed E-state index contributed by atoms with van der Waals surface area (Å²) in [6.45, 7) is 0. The highest BCUT2D eigenvalue weighted by Gasteiger charge is 2.50. The molecule has 1 aliphatic carbocycles. The fraction of sp³-hybridized carbons (Fsp3) is 0.400. The zero-order valence-electron chi connectivity index (χ0n) is 6.00. The number of ketones is 3. The van der Waals surface area contributed by atoms with E-state index in [1.807, 2.05) is 0 Å². The van der Waals surface area contributed by atoms with Gasteiger partial charge in [0.25, 0.3) is 5.78 Å². The lowest BCUT2D eigenvalue weighted by atomic mass is 10.2. The maximum absolute atomic E-state index is 10.8. The van der Waals surface area contributed by atoms with Gasteiger partial charge in [0.05, 0.1) is 0 Å². The molecule has 1 aliphatic rings. The van der Waals surface area contributed by atoms with E-state index in [2.05, 4.69) is 4.18 Å². The molecule has 0 aromatic carbocycles. The Kier molecular flexibility index (Phi) is 2.66. The molecule has 3 atom stereocenters. The van der Waals surface area contributed by atoms with Crippen molar-refractivity contribution in [2.24, 2.45) is 0 Å². The maximum atomic E-state index is 10.8. The molecule has 0 bridgehead atoms. The van der Waals surface area contributed by atoms with Crippen LogP contribution < -0.4 is 0 Å². The van der Waals surface area contributed by atoms with Gasteiger partial charge in [-0.1, -0.05) is 0 Å². The number of Topliss-reactive ketones (excluding diaryl/α,β-unsaturated/α-hetero) is 3. The van der Waals surface area contributed by atoms with Crippen molar-refractivity contribution in [2.75, 3.05) is 0 Å². The molecular formula is C5H4O7S. The summed E-state index contributed by atoms with van der Waals surface area (Å²) in [6.07, 6.45) is -3.83. The topological polar surface area (TPSA) is 118 Å². The SMILES string of the molecule is O=C1C(=O)C(O)C(OS(=O)O)C1=O. The summed E-state index contributed by atoms with van der Waals surface area (Å²) in [7, 11) is 0. The van der Waals surface area contributed by atoms with Crippen molar-refractivity contribution in [1.29, 1.82) is 0 Å². The first-order valence-corrected chi connectivity index (χ1v) is 4.06. The fourth-order valence-corrected chi connectivity index (χ4v) is 1.22. The lowest BCUT2D eigenvalue weighted by Gasteiger charge is -2.06. The molecule has 3 unspecified atom stereocenters. The highest BCUT2D eigenvalue weighted by atomic mass is 32.2. The number of hydrogen-bond acceptors (Lipinski definition) is 6. The Labute approximate surface area is 74.2 Å². The summed E-state index contributed by atoms with van der Waals surface area (Å²) < 4.78 is 22.2. The third-order valence-corrected chi connectivity index (χ3v) is 1.82. The molecule has 1 fully saturated rings. The Morgan fingerprint density at radius 3 is 2.08 bits per heavy atom. The van der Waals surface area contributed by atoms with Crippen LogP contribution in [0, 0.1) is 0 Å². The molecule has 0 amide bonds. The number of aliphatic hydroxyl groups excluding tert-OH is 1. The zero-order chi connectivity index (χ0) is 10.2. The first kappa shape index (κ1) is 10.1. The van der Waals surface area contributed by atoms with Crippen LogP contribution in [0.4, 0.5) is 0 Å². The second-order valence-corrected chi connectivity index (χ2v) is 2.86. The van der Waals surface area contributed by atoms with Gasteiger partial charge in [0, 0.05) is 0 Å². The number of rotatable bonds is 2. The van der Waals surface area contributed by atoms with Crippen molar-refractivity contribution in [3.8, 4) is 0 Å².